The summed E-state index contributed by atoms with van der Waals surface area (Å²) in [5.74, 6) is -2.00. The molecule has 2 aliphatic rings. The van der Waals surface area contributed by atoms with Gasteiger partial charge >= 0.3 is 5.97 Å². The zero-order valence-corrected chi connectivity index (χ0v) is 14.2. The minimum absolute atomic E-state index is 0.130. The quantitative estimate of drug-likeness (QED) is 0.758. The summed E-state index contributed by atoms with van der Waals surface area (Å²) >= 11 is 4.47. The Bertz CT molecular complexity index is 742. The lowest BCUT2D eigenvalue weighted by Gasteiger charge is -2.34. The minimum Gasteiger partial charge on any atom is -0.478 e. The molecule has 0 unspecified atom stereocenters. The molecule has 1 aromatic carbocycles. The molecule has 0 aromatic heterocycles. The van der Waals surface area contributed by atoms with Gasteiger partial charge in [-0.3, -0.25) is 0 Å². The van der Waals surface area contributed by atoms with Crippen LogP contribution >= 0.6 is 27.7 Å². The Hall–Kier alpha value is -1.41. The Morgan fingerprint density at radius 3 is 3.00 bits per heavy atom. The number of aliphatic carboxylic acids is 1. The molecular formula is C15H13BrF2N2O2S. The Kier molecular flexibility index (Phi) is 4.00. The SMILES string of the molecule is NC1=N[C@](CF)(c2cc(Br)ccc2F)[C@@H]2C[C@]2(C=CC(=O)O)S1. The largest absolute Gasteiger partial charge is 0.478 e. The van der Waals surface area contributed by atoms with Crippen LogP contribution in [0.4, 0.5) is 8.78 Å². The van der Waals surface area contributed by atoms with Crippen molar-refractivity contribution in [2.24, 2.45) is 16.6 Å². The Balaban J connectivity index is 2.11. The van der Waals surface area contributed by atoms with E-state index in [0.717, 1.165) is 6.08 Å². The van der Waals surface area contributed by atoms with Crippen molar-refractivity contribution < 1.29 is 18.7 Å². The molecule has 122 valence electrons. The van der Waals surface area contributed by atoms with E-state index in [1.807, 2.05) is 0 Å². The molecule has 1 saturated carbocycles. The zero-order chi connectivity index (χ0) is 16.8. The summed E-state index contributed by atoms with van der Waals surface area (Å²) in [6.07, 6.45) is 3.01. The lowest BCUT2D eigenvalue weighted by molar-refractivity contribution is -0.131. The minimum atomic E-state index is -1.42. The lowest BCUT2D eigenvalue weighted by Crippen LogP contribution is -2.39. The maximum atomic E-state index is 14.3. The number of aliphatic imine (C=N–C) groups is 1. The fraction of sp³-hybridized carbons (Fsp3) is 0.333. The Morgan fingerprint density at radius 1 is 1.61 bits per heavy atom. The summed E-state index contributed by atoms with van der Waals surface area (Å²) < 4.78 is 28.3. The van der Waals surface area contributed by atoms with Crippen molar-refractivity contribution in [2.75, 3.05) is 6.67 Å². The monoisotopic (exact) mass is 402 g/mol. The van der Waals surface area contributed by atoms with E-state index in [-0.39, 0.29) is 16.6 Å². The van der Waals surface area contributed by atoms with E-state index in [1.54, 1.807) is 0 Å². The van der Waals surface area contributed by atoms with Gasteiger partial charge in [-0.2, -0.15) is 0 Å². The number of nitrogens with two attached hydrogens (primary N) is 1. The van der Waals surface area contributed by atoms with E-state index in [2.05, 4.69) is 20.9 Å². The Labute approximate surface area is 144 Å². The van der Waals surface area contributed by atoms with Crippen LogP contribution in [0.2, 0.25) is 0 Å². The zero-order valence-electron chi connectivity index (χ0n) is 11.8. The van der Waals surface area contributed by atoms with Crippen LogP contribution in [-0.4, -0.2) is 27.7 Å². The van der Waals surface area contributed by atoms with Gasteiger partial charge in [0.2, 0.25) is 0 Å². The fourth-order valence-electron chi connectivity index (χ4n) is 3.14. The molecule has 0 saturated heterocycles. The molecule has 3 N–H and O–H groups in total. The van der Waals surface area contributed by atoms with Crippen molar-refractivity contribution in [3.63, 3.8) is 0 Å². The van der Waals surface area contributed by atoms with Crippen molar-refractivity contribution in [1.29, 1.82) is 0 Å². The number of alkyl halides is 1. The molecule has 0 amide bonds. The maximum Gasteiger partial charge on any atom is 0.328 e. The number of halogens is 3. The summed E-state index contributed by atoms with van der Waals surface area (Å²) in [7, 11) is 0. The second kappa shape index (κ2) is 5.59. The first-order chi connectivity index (χ1) is 10.8. The highest BCUT2D eigenvalue weighted by atomic mass is 79.9. The number of carboxylic acids is 1. The van der Waals surface area contributed by atoms with E-state index >= 15 is 0 Å². The summed E-state index contributed by atoms with van der Waals surface area (Å²) in [6, 6.07) is 4.28. The van der Waals surface area contributed by atoms with Crippen LogP contribution in [0.3, 0.4) is 0 Å². The average molecular weight is 403 g/mol. The van der Waals surface area contributed by atoms with E-state index in [1.165, 1.54) is 36.0 Å². The molecule has 4 nitrogen and oxygen atoms in total. The third kappa shape index (κ3) is 2.67. The van der Waals surface area contributed by atoms with Gasteiger partial charge in [0.1, 0.15) is 18.0 Å². The number of hydrogen-bond donors (Lipinski definition) is 2. The topological polar surface area (TPSA) is 75.7 Å². The first kappa shape index (κ1) is 16.4. The highest BCUT2D eigenvalue weighted by molar-refractivity contribution is 9.10. The predicted octanol–water partition coefficient (Wildman–Crippen LogP) is 3.21. The van der Waals surface area contributed by atoms with Gasteiger partial charge < -0.3 is 10.8 Å². The number of hydrogen-bond acceptors (Lipinski definition) is 4. The van der Waals surface area contributed by atoms with E-state index in [4.69, 9.17) is 10.8 Å². The smallest absolute Gasteiger partial charge is 0.328 e. The lowest BCUT2D eigenvalue weighted by atomic mass is 9.85. The number of thioether (sulfide) groups is 1. The van der Waals surface area contributed by atoms with E-state index in [0.29, 0.717) is 10.9 Å². The molecule has 0 radical (unpaired) electrons. The molecule has 1 aliphatic carbocycles. The molecule has 1 heterocycles. The number of carbonyl (C=O) groups is 1. The summed E-state index contributed by atoms with van der Waals surface area (Å²) in [6.45, 7) is -0.908. The number of rotatable bonds is 4. The third-order valence-corrected chi connectivity index (χ3v) is 6.00. The molecule has 23 heavy (non-hydrogen) atoms. The van der Waals surface area contributed by atoms with Crippen LogP contribution in [0.1, 0.15) is 12.0 Å². The number of nitrogens with zero attached hydrogens (tertiary/aromatic N) is 1. The van der Waals surface area contributed by atoms with Crippen molar-refractivity contribution in [1.82, 2.24) is 0 Å². The molecule has 1 fully saturated rings. The molecule has 0 spiro atoms. The van der Waals surface area contributed by atoms with Gasteiger partial charge in [0, 0.05) is 26.8 Å². The molecular weight excluding hydrogens is 390 g/mol. The van der Waals surface area contributed by atoms with Gasteiger partial charge in [0.15, 0.2) is 5.17 Å². The highest BCUT2D eigenvalue weighted by Gasteiger charge is 2.67. The van der Waals surface area contributed by atoms with Crippen LogP contribution in [0, 0.1) is 11.7 Å². The molecule has 3 atom stereocenters. The number of benzene rings is 1. The fourth-order valence-corrected chi connectivity index (χ4v) is 4.82. The van der Waals surface area contributed by atoms with Gasteiger partial charge in [-0.25, -0.2) is 18.6 Å². The standard InChI is InChI=1S/C15H13BrF2N2O2S/c16-8-1-2-10(18)9(5-8)15(7-17)11-6-14(11,4-3-12(21)22)23-13(19)20-15/h1-5,11H,6-7H2,(H2,19,20)(H,21,22)/t11-,14+,15-/m1/s1. The molecule has 1 aliphatic heterocycles. The van der Waals surface area contributed by atoms with Crippen molar-refractivity contribution >= 4 is 38.8 Å². The molecule has 0 bridgehead atoms. The van der Waals surface area contributed by atoms with Crippen molar-refractivity contribution in [2.45, 2.75) is 16.7 Å². The van der Waals surface area contributed by atoms with Crippen LogP contribution in [0.5, 0.6) is 0 Å². The molecule has 1 aromatic rings. The van der Waals surface area contributed by atoms with Crippen LogP contribution in [0.15, 0.2) is 39.8 Å². The number of amidine groups is 1. The number of carboxylic acid groups (broad SMARTS) is 1. The summed E-state index contributed by atoms with van der Waals surface area (Å²) in [5.41, 5.74) is 4.56. The molecule has 8 heteroatoms. The first-order valence-electron chi connectivity index (χ1n) is 6.81. The van der Waals surface area contributed by atoms with Crippen molar-refractivity contribution in [3.05, 3.63) is 46.2 Å². The van der Waals surface area contributed by atoms with Gasteiger partial charge in [-0.05, 0) is 24.6 Å². The van der Waals surface area contributed by atoms with Crippen LogP contribution in [-0.2, 0) is 10.3 Å². The van der Waals surface area contributed by atoms with Gasteiger partial charge in [-0.15, -0.1) is 0 Å². The molecule has 3 rings (SSSR count). The highest BCUT2D eigenvalue weighted by Crippen LogP contribution is 2.66. The maximum absolute atomic E-state index is 14.3. The second-order valence-electron chi connectivity index (χ2n) is 5.62. The normalized spacial score (nSPS) is 32.5. The van der Waals surface area contributed by atoms with Gasteiger partial charge in [-0.1, -0.05) is 33.8 Å². The summed E-state index contributed by atoms with van der Waals surface area (Å²) in [5, 5.41) is 8.96. The van der Waals surface area contributed by atoms with E-state index in [9.17, 15) is 13.6 Å². The predicted molar refractivity (Wildman–Crippen MR) is 88.6 cm³/mol. The first-order valence-corrected chi connectivity index (χ1v) is 8.42. The third-order valence-electron chi connectivity index (χ3n) is 4.24. The van der Waals surface area contributed by atoms with Crippen LogP contribution in [0.25, 0.3) is 0 Å². The van der Waals surface area contributed by atoms with Crippen LogP contribution < -0.4 is 5.73 Å². The van der Waals surface area contributed by atoms with E-state index < -0.39 is 28.7 Å². The Morgan fingerprint density at radius 2 is 2.35 bits per heavy atom. The number of fused-ring (bicyclic) bond motifs is 1. The summed E-state index contributed by atoms with van der Waals surface area (Å²) in [4.78, 5) is 15.0. The average Bonchev–Trinajstić information content (AvgIpc) is 3.22. The second-order valence-corrected chi connectivity index (χ2v) is 7.92. The van der Waals surface area contributed by atoms with Crippen molar-refractivity contribution in [3.8, 4) is 0 Å². The van der Waals surface area contributed by atoms with Gasteiger partial charge in [0.05, 0.1) is 0 Å². The van der Waals surface area contributed by atoms with Gasteiger partial charge in [0.25, 0.3) is 0 Å².